The summed E-state index contributed by atoms with van der Waals surface area (Å²) in [5.41, 5.74) is 0.391. The Balaban J connectivity index is 2.39. The van der Waals surface area contributed by atoms with E-state index < -0.39 is 12.0 Å². The van der Waals surface area contributed by atoms with Crippen LogP contribution in [0.5, 0.6) is 0 Å². The van der Waals surface area contributed by atoms with E-state index in [9.17, 15) is 14.0 Å². The summed E-state index contributed by atoms with van der Waals surface area (Å²) in [5, 5.41) is 14.3. The number of hydrogen-bond acceptors (Lipinski definition) is 3. The maximum Gasteiger partial charge on any atom is 0.320 e. The minimum atomic E-state index is -0.981. The van der Waals surface area contributed by atoms with Gasteiger partial charge in [0.15, 0.2) is 0 Å². The highest BCUT2D eigenvalue weighted by molar-refractivity contribution is 5.79. The summed E-state index contributed by atoms with van der Waals surface area (Å²) >= 11 is 0. The first-order valence-electron chi connectivity index (χ1n) is 6.86. The van der Waals surface area contributed by atoms with Gasteiger partial charge in [-0.15, -0.1) is 0 Å². The highest BCUT2D eigenvalue weighted by Crippen LogP contribution is 2.06. The van der Waals surface area contributed by atoms with Crippen LogP contribution in [0.3, 0.4) is 0 Å². The van der Waals surface area contributed by atoms with Crippen molar-refractivity contribution < 1.29 is 19.1 Å². The number of carboxylic acids is 1. The molecule has 0 bridgehead atoms. The van der Waals surface area contributed by atoms with Crippen molar-refractivity contribution in [1.82, 2.24) is 10.6 Å². The van der Waals surface area contributed by atoms with Crippen molar-refractivity contribution in [2.45, 2.75) is 32.9 Å². The maximum absolute atomic E-state index is 13.4. The Kier molecular flexibility index (Phi) is 6.81. The standard InChI is InChI=1S/C15H21FN2O3/c1-10(2)7-13(15(20)21)17-9-14(19)18-8-11-5-3-4-6-12(11)16/h3-6,10,13,17H,7-9H2,1-2H3,(H,18,19)(H,20,21). The number of aliphatic carboxylic acids is 1. The summed E-state index contributed by atoms with van der Waals surface area (Å²) < 4.78 is 13.4. The normalized spacial score (nSPS) is 12.2. The second-order valence-electron chi connectivity index (χ2n) is 5.27. The van der Waals surface area contributed by atoms with Gasteiger partial charge in [0.05, 0.1) is 6.54 Å². The van der Waals surface area contributed by atoms with Gasteiger partial charge in [0.2, 0.25) is 5.91 Å². The molecule has 1 amide bonds. The molecule has 0 saturated carbocycles. The van der Waals surface area contributed by atoms with Crippen molar-refractivity contribution in [3.8, 4) is 0 Å². The summed E-state index contributed by atoms with van der Waals surface area (Å²) in [7, 11) is 0. The smallest absolute Gasteiger partial charge is 0.320 e. The fraction of sp³-hybridized carbons (Fsp3) is 0.467. The SMILES string of the molecule is CC(C)CC(NCC(=O)NCc1ccccc1F)C(=O)O. The first kappa shape index (κ1) is 17.1. The fourth-order valence-corrected chi connectivity index (χ4v) is 1.86. The van der Waals surface area contributed by atoms with Crippen LogP contribution in [0.15, 0.2) is 24.3 Å². The number of benzene rings is 1. The molecule has 116 valence electrons. The van der Waals surface area contributed by atoms with Crippen LogP contribution < -0.4 is 10.6 Å². The van der Waals surface area contributed by atoms with Gasteiger partial charge >= 0.3 is 5.97 Å². The second-order valence-corrected chi connectivity index (χ2v) is 5.27. The zero-order chi connectivity index (χ0) is 15.8. The van der Waals surface area contributed by atoms with Crippen molar-refractivity contribution in [2.75, 3.05) is 6.54 Å². The lowest BCUT2D eigenvalue weighted by Gasteiger charge is -2.16. The lowest BCUT2D eigenvalue weighted by atomic mass is 10.0. The van der Waals surface area contributed by atoms with Crippen molar-refractivity contribution in [3.05, 3.63) is 35.6 Å². The third kappa shape index (κ3) is 6.35. The van der Waals surface area contributed by atoms with Crippen molar-refractivity contribution in [1.29, 1.82) is 0 Å². The van der Waals surface area contributed by atoms with E-state index in [1.165, 1.54) is 6.07 Å². The minimum Gasteiger partial charge on any atom is -0.480 e. The topological polar surface area (TPSA) is 78.4 Å². The van der Waals surface area contributed by atoms with Crippen LogP contribution in [-0.2, 0) is 16.1 Å². The molecule has 0 aliphatic heterocycles. The minimum absolute atomic E-state index is 0.0785. The molecule has 0 saturated heterocycles. The van der Waals surface area contributed by atoms with E-state index in [1.54, 1.807) is 18.2 Å². The summed E-state index contributed by atoms with van der Waals surface area (Å²) in [6, 6.07) is 5.41. The molecule has 6 heteroatoms. The van der Waals surface area contributed by atoms with Crippen LogP contribution in [0.4, 0.5) is 4.39 Å². The van der Waals surface area contributed by atoms with Crippen LogP contribution in [0, 0.1) is 11.7 Å². The Hall–Kier alpha value is -1.95. The van der Waals surface area contributed by atoms with Crippen molar-refractivity contribution in [2.24, 2.45) is 5.92 Å². The van der Waals surface area contributed by atoms with E-state index in [4.69, 9.17) is 5.11 Å². The Bertz CT molecular complexity index is 492. The summed E-state index contributed by atoms with van der Waals surface area (Å²) in [6.45, 7) is 3.79. The van der Waals surface area contributed by atoms with Crippen molar-refractivity contribution in [3.63, 3.8) is 0 Å². The van der Waals surface area contributed by atoms with Gasteiger partial charge in [-0.1, -0.05) is 32.0 Å². The van der Waals surface area contributed by atoms with Gasteiger partial charge in [-0.2, -0.15) is 0 Å². The molecule has 1 aromatic rings. The van der Waals surface area contributed by atoms with E-state index in [0.29, 0.717) is 12.0 Å². The number of nitrogens with one attached hydrogen (secondary N) is 2. The molecule has 1 unspecified atom stereocenters. The first-order valence-corrected chi connectivity index (χ1v) is 6.86. The zero-order valence-electron chi connectivity index (χ0n) is 12.2. The van der Waals surface area contributed by atoms with Gasteiger partial charge in [0.1, 0.15) is 11.9 Å². The Morgan fingerprint density at radius 2 is 1.95 bits per heavy atom. The zero-order valence-corrected chi connectivity index (χ0v) is 12.2. The van der Waals surface area contributed by atoms with Crippen LogP contribution in [-0.4, -0.2) is 29.6 Å². The van der Waals surface area contributed by atoms with Gasteiger partial charge in [-0.3, -0.25) is 14.9 Å². The van der Waals surface area contributed by atoms with Crippen molar-refractivity contribution >= 4 is 11.9 Å². The molecule has 5 nitrogen and oxygen atoms in total. The fourth-order valence-electron chi connectivity index (χ4n) is 1.86. The number of carbonyl (C=O) groups is 2. The average Bonchev–Trinajstić information content (AvgIpc) is 2.41. The number of carboxylic acid groups (broad SMARTS) is 1. The molecule has 0 aromatic heterocycles. The summed E-state index contributed by atoms with van der Waals surface area (Å²) in [5.74, 6) is -1.52. The highest BCUT2D eigenvalue weighted by Gasteiger charge is 2.19. The van der Waals surface area contributed by atoms with E-state index in [1.807, 2.05) is 13.8 Å². The molecular weight excluding hydrogens is 275 g/mol. The van der Waals surface area contributed by atoms with Gasteiger partial charge in [-0.05, 0) is 18.4 Å². The average molecular weight is 296 g/mol. The number of hydrogen-bond donors (Lipinski definition) is 3. The molecule has 0 aliphatic carbocycles. The molecule has 21 heavy (non-hydrogen) atoms. The Morgan fingerprint density at radius 3 is 2.52 bits per heavy atom. The molecule has 1 atom stereocenters. The van der Waals surface area contributed by atoms with Gasteiger partial charge in [0.25, 0.3) is 0 Å². The van der Waals surface area contributed by atoms with E-state index in [2.05, 4.69) is 10.6 Å². The molecule has 0 fully saturated rings. The summed E-state index contributed by atoms with van der Waals surface area (Å²) in [6.07, 6.45) is 0.440. The predicted molar refractivity (Wildman–Crippen MR) is 77.1 cm³/mol. The Labute approximate surface area is 123 Å². The second kappa shape index (κ2) is 8.36. The molecule has 0 spiro atoms. The number of carbonyl (C=O) groups excluding carboxylic acids is 1. The Morgan fingerprint density at radius 1 is 1.29 bits per heavy atom. The van der Waals surface area contributed by atoms with E-state index >= 15 is 0 Å². The molecule has 0 heterocycles. The van der Waals surface area contributed by atoms with Gasteiger partial charge in [0, 0.05) is 12.1 Å². The number of rotatable bonds is 8. The monoisotopic (exact) mass is 296 g/mol. The third-order valence-corrected chi connectivity index (χ3v) is 2.95. The third-order valence-electron chi connectivity index (χ3n) is 2.95. The number of halogens is 1. The van der Waals surface area contributed by atoms with Gasteiger partial charge in [-0.25, -0.2) is 4.39 Å². The molecule has 1 aromatic carbocycles. The lowest BCUT2D eigenvalue weighted by molar-refractivity contribution is -0.140. The summed E-state index contributed by atoms with van der Waals surface area (Å²) in [4.78, 5) is 22.7. The van der Waals surface area contributed by atoms with Crippen LogP contribution in [0.1, 0.15) is 25.8 Å². The molecule has 3 N–H and O–H groups in total. The van der Waals surface area contributed by atoms with E-state index in [-0.39, 0.29) is 30.7 Å². The molecule has 0 radical (unpaired) electrons. The lowest BCUT2D eigenvalue weighted by Crippen LogP contribution is -2.43. The predicted octanol–water partition coefficient (Wildman–Crippen LogP) is 1.53. The van der Waals surface area contributed by atoms with Crippen LogP contribution in [0.2, 0.25) is 0 Å². The van der Waals surface area contributed by atoms with Gasteiger partial charge < -0.3 is 10.4 Å². The highest BCUT2D eigenvalue weighted by atomic mass is 19.1. The first-order chi connectivity index (χ1) is 9.90. The molecule has 1 rings (SSSR count). The maximum atomic E-state index is 13.4. The molecular formula is C15H21FN2O3. The van der Waals surface area contributed by atoms with Crippen LogP contribution >= 0.6 is 0 Å². The van der Waals surface area contributed by atoms with Crippen LogP contribution in [0.25, 0.3) is 0 Å². The number of amides is 1. The molecule has 0 aliphatic rings. The van der Waals surface area contributed by atoms with E-state index in [0.717, 1.165) is 0 Å². The quantitative estimate of drug-likeness (QED) is 0.680. The largest absolute Gasteiger partial charge is 0.480 e.